The maximum Gasteiger partial charge on any atom is 0.248 e. The van der Waals surface area contributed by atoms with E-state index in [4.69, 9.17) is 5.73 Å². The van der Waals surface area contributed by atoms with E-state index in [-0.39, 0.29) is 29.7 Å². The maximum atomic E-state index is 13.1. The molecule has 0 heterocycles. The number of primary amides is 1. The van der Waals surface area contributed by atoms with E-state index in [1.165, 1.54) is 0 Å². The number of carbonyl (C=O) groups excluding carboxylic acids is 2. The topological polar surface area (TPSA) is 72.2 Å². The van der Waals surface area contributed by atoms with Crippen molar-refractivity contribution < 1.29 is 9.59 Å². The van der Waals surface area contributed by atoms with Gasteiger partial charge in [-0.15, -0.1) is 0 Å². The molecule has 4 heteroatoms. The number of benzene rings is 2. The van der Waals surface area contributed by atoms with Gasteiger partial charge in [0.05, 0.1) is 12.0 Å². The molecule has 2 aromatic rings. The lowest BCUT2D eigenvalue weighted by atomic mass is 9.86. The Morgan fingerprint density at radius 2 is 1.38 bits per heavy atom. The maximum absolute atomic E-state index is 13.1. The molecule has 2 amide bonds. The van der Waals surface area contributed by atoms with Gasteiger partial charge in [-0.25, -0.2) is 0 Å². The van der Waals surface area contributed by atoms with Crippen molar-refractivity contribution in [1.29, 1.82) is 0 Å². The van der Waals surface area contributed by atoms with Crippen molar-refractivity contribution in [3.05, 3.63) is 71.3 Å². The van der Waals surface area contributed by atoms with Crippen molar-refractivity contribution in [2.75, 3.05) is 0 Å². The van der Waals surface area contributed by atoms with E-state index >= 15 is 0 Å². The summed E-state index contributed by atoms with van der Waals surface area (Å²) in [6.07, 6.45) is 0. The van der Waals surface area contributed by atoms with E-state index in [0.29, 0.717) is 5.56 Å². The Kier molecular flexibility index (Phi) is 6.56. The molecule has 0 aliphatic rings. The minimum absolute atomic E-state index is 0.0175. The molecule has 0 bridgehead atoms. The van der Waals surface area contributed by atoms with Gasteiger partial charge in [-0.2, -0.15) is 0 Å². The number of amides is 2. The van der Waals surface area contributed by atoms with E-state index in [1.54, 1.807) is 12.1 Å². The van der Waals surface area contributed by atoms with E-state index in [9.17, 15) is 9.59 Å². The predicted molar refractivity (Wildman–Crippen MR) is 105 cm³/mol. The lowest BCUT2D eigenvalue weighted by molar-refractivity contribution is -0.124. The number of rotatable bonds is 7. The van der Waals surface area contributed by atoms with Crippen molar-refractivity contribution in [1.82, 2.24) is 5.32 Å². The number of hydrogen-bond donors (Lipinski definition) is 2. The van der Waals surface area contributed by atoms with Crippen LogP contribution in [0.5, 0.6) is 0 Å². The van der Waals surface area contributed by atoms with Gasteiger partial charge in [-0.05, 0) is 35.1 Å². The summed E-state index contributed by atoms with van der Waals surface area (Å²) in [5.41, 5.74) is 7.76. The van der Waals surface area contributed by atoms with E-state index in [0.717, 1.165) is 11.1 Å². The standard InChI is InChI=1S/C22H28N2O2/c1-14(2)19(16-8-6-5-7-9-16)22(26)24-20(15(3)4)17-10-12-18(13-11-17)21(23)25/h5-15,19-20H,1-4H3,(H2,23,25)(H,24,26). The Balaban J connectivity index is 2.25. The molecule has 0 aliphatic heterocycles. The fourth-order valence-electron chi connectivity index (χ4n) is 3.23. The Morgan fingerprint density at radius 1 is 0.808 bits per heavy atom. The summed E-state index contributed by atoms with van der Waals surface area (Å²) in [6.45, 7) is 8.26. The van der Waals surface area contributed by atoms with Crippen molar-refractivity contribution in [2.24, 2.45) is 17.6 Å². The summed E-state index contributed by atoms with van der Waals surface area (Å²) in [5, 5.41) is 3.21. The highest BCUT2D eigenvalue weighted by atomic mass is 16.2. The third kappa shape index (κ3) is 4.72. The summed E-state index contributed by atoms with van der Waals surface area (Å²) in [4.78, 5) is 24.3. The third-order valence-electron chi connectivity index (χ3n) is 4.63. The van der Waals surface area contributed by atoms with Gasteiger partial charge in [0.15, 0.2) is 0 Å². The summed E-state index contributed by atoms with van der Waals surface area (Å²) in [5.74, 6) is -0.249. The largest absolute Gasteiger partial charge is 0.366 e. The minimum Gasteiger partial charge on any atom is -0.366 e. The molecule has 2 atom stereocenters. The first kappa shape index (κ1) is 19.7. The summed E-state index contributed by atoms with van der Waals surface area (Å²) < 4.78 is 0. The smallest absolute Gasteiger partial charge is 0.248 e. The molecule has 0 saturated heterocycles. The molecule has 0 fully saturated rings. The molecule has 3 N–H and O–H groups in total. The first-order chi connectivity index (χ1) is 12.3. The summed E-state index contributed by atoms with van der Waals surface area (Å²) in [6, 6.07) is 16.9. The van der Waals surface area contributed by atoms with Crippen molar-refractivity contribution in [3.8, 4) is 0 Å². The van der Waals surface area contributed by atoms with Gasteiger partial charge in [-0.1, -0.05) is 70.2 Å². The minimum atomic E-state index is -0.453. The molecule has 2 unspecified atom stereocenters. The number of nitrogens with one attached hydrogen (secondary N) is 1. The van der Waals surface area contributed by atoms with Crippen molar-refractivity contribution in [3.63, 3.8) is 0 Å². The molecular formula is C22H28N2O2. The predicted octanol–water partition coefficient (Wildman–Crippen LogP) is 4.04. The Hall–Kier alpha value is -2.62. The van der Waals surface area contributed by atoms with Crippen LogP contribution in [0.3, 0.4) is 0 Å². The average Bonchev–Trinajstić information content (AvgIpc) is 2.60. The van der Waals surface area contributed by atoms with Crippen LogP contribution in [0.2, 0.25) is 0 Å². The summed E-state index contributed by atoms with van der Waals surface area (Å²) in [7, 11) is 0. The van der Waals surface area contributed by atoms with Crippen LogP contribution in [0, 0.1) is 11.8 Å². The van der Waals surface area contributed by atoms with Crippen LogP contribution in [0.4, 0.5) is 0 Å². The van der Waals surface area contributed by atoms with Crippen molar-refractivity contribution in [2.45, 2.75) is 39.7 Å². The van der Waals surface area contributed by atoms with Crippen LogP contribution in [0.15, 0.2) is 54.6 Å². The molecular weight excluding hydrogens is 324 g/mol. The highest BCUT2D eigenvalue weighted by molar-refractivity contribution is 5.92. The lowest BCUT2D eigenvalue weighted by Crippen LogP contribution is -2.37. The second kappa shape index (κ2) is 8.65. The first-order valence-electron chi connectivity index (χ1n) is 9.06. The number of nitrogens with two attached hydrogens (primary N) is 1. The van der Waals surface area contributed by atoms with Crippen LogP contribution in [0.25, 0.3) is 0 Å². The number of carbonyl (C=O) groups is 2. The molecule has 0 aliphatic carbocycles. The monoisotopic (exact) mass is 352 g/mol. The van der Waals surface area contributed by atoms with Crippen LogP contribution >= 0.6 is 0 Å². The molecule has 138 valence electrons. The van der Waals surface area contributed by atoms with Gasteiger partial charge in [0.25, 0.3) is 0 Å². The molecule has 0 saturated carbocycles. The van der Waals surface area contributed by atoms with Gasteiger partial charge in [-0.3, -0.25) is 9.59 Å². The zero-order chi connectivity index (χ0) is 19.3. The fraction of sp³-hybridized carbons (Fsp3) is 0.364. The van der Waals surface area contributed by atoms with Crippen LogP contribution in [-0.4, -0.2) is 11.8 Å². The SMILES string of the molecule is CC(C)C(NC(=O)C(c1ccccc1)C(C)C)c1ccc(C(N)=O)cc1. The normalized spacial score (nSPS) is 13.5. The average molecular weight is 352 g/mol. The molecule has 2 rings (SSSR count). The quantitative estimate of drug-likeness (QED) is 0.789. The number of hydrogen-bond acceptors (Lipinski definition) is 2. The van der Waals surface area contributed by atoms with E-state index in [1.807, 2.05) is 42.5 Å². The Morgan fingerprint density at radius 3 is 1.85 bits per heavy atom. The lowest BCUT2D eigenvalue weighted by Gasteiger charge is -2.28. The Labute approximate surface area is 155 Å². The molecule has 0 radical (unpaired) electrons. The van der Waals surface area contributed by atoms with E-state index < -0.39 is 5.91 Å². The van der Waals surface area contributed by atoms with E-state index in [2.05, 4.69) is 33.0 Å². The van der Waals surface area contributed by atoms with Crippen LogP contribution in [0.1, 0.15) is 61.1 Å². The van der Waals surface area contributed by atoms with Gasteiger partial charge >= 0.3 is 0 Å². The van der Waals surface area contributed by atoms with Gasteiger partial charge in [0.1, 0.15) is 0 Å². The highest BCUT2D eigenvalue weighted by Gasteiger charge is 2.27. The first-order valence-corrected chi connectivity index (χ1v) is 9.06. The Bertz CT molecular complexity index is 736. The fourth-order valence-corrected chi connectivity index (χ4v) is 3.23. The zero-order valence-electron chi connectivity index (χ0n) is 15.9. The zero-order valence-corrected chi connectivity index (χ0v) is 15.9. The van der Waals surface area contributed by atoms with Gasteiger partial charge in [0.2, 0.25) is 11.8 Å². The second-order valence-electron chi connectivity index (χ2n) is 7.35. The van der Waals surface area contributed by atoms with Gasteiger partial charge in [0, 0.05) is 5.56 Å². The molecule has 4 nitrogen and oxygen atoms in total. The highest BCUT2D eigenvalue weighted by Crippen LogP contribution is 2.28. The summed E-state index contributed by atoms with van der Waals surface area (Å²) >= 11 is 0. The van der Waals surface area contributed by atoms with Crippen LogP contribution < -0.4 is 11.1 Å². The molecule has 2 aromatic carbocycles. The van der Waals surface area contributed by atoms with Gasteiger partial charge < -0.3 is 11.1 Å². The van der Waals surface area contributed by atoms with Crippen LogP contribution in [-0.2, 0) is 4.79 Å². The second-order valence-corrected chi connectivity index (χ2v) is 7.35. The third-order valence-corrected chi connectivity index (χ3v) is 4.63. The molecule has 0 spiro atoms. The van der Waals surface area contributed by atoms with Crippen molar-refractivity contribution >= 4 is 11.8 Å². The molecule has 26 heavy (non-hydrogen) atoms. The molecule has 0 aromatic heterocycles.